The molecule has 0 aliphatic carbocycles. The van der Waals surface area contributed by atoms with Gasteiger partial charge in [-0.15, -0.1) is 0 Å². The van der Waals surface area contributed by atoms with E-state index in [1.54, 1.807) is 12.1 Å². The highest BCUT2D eigenvalue weighted by Gasteiger charge is 2.20. The monoisotopic (exact) mass is 351 g/mol. The van der Waals surface area contributed by atoms with Gasteiger partial charge in [0.2, 0.25) is 5.91 Å². The van der Waals surface area contributed by atoms with Crippen molar-refractivity contribution in [1.29, 1.82) is 0 Å². The SMILES string of the molecule is O=C(CC(NCCCN1CCOCC1)C(=O)O)Nc1ccc(O)cc1. The van der Waals surface area contributed by atoms with Gasteiger partial charge >= 0.3 is 5.97 Å². The number of rotatable bonds is 9. The summed E-state index contributed by atoms with van der Waals surface area (Å²) in [5.74, 6) is -1.34. The van der Waals surface area contributed by atoms with Crippen molar-refractivity contribution < 1.29 is 24.5 Å². The summed E-state index contributed by atoms with van der Waals surface area (Å²) >= 11 is 0. The first-order valence-electron chi connectivity index (χ1n) is 8.40. The summed E-state index contributed by atoms with van der Waals surface area (Å²) in [6.45, 7) is 4.68. The number of morpholine rings is 1. The number of phenols is 1. The summed E-state index contributed by atoms with van der Waals surface area (Å²) < 4.78 is 5.28. The zero-order valence-corrected chi connectivity index (χ0v) is 14.1. The molecule has 4 N–H and O–H groups in total. The number of hydrogen-bond acceptors (Lipinski definition) is 6. The number of nitrogens with one attached hydrogen (secondary N) is 2. The number of phenolic OH excluding ortho intramolecular Hbond substituents is 1. The summed E-state index contributed by atoms with van der Waals surface area (Å²) in [6, 6.07) is 5.08. The van der Waals surface area contributed by atoms with Crippen LogP contribution in [0.3, 0.4) is 0 Å². The molecular weight excluding hydrogens is 326 g/mol. The molecule has 1 saturated heterocycles. The standard InChI is InChI=1S/C17H25N3O5/c21-14-4-2-13(3-5-14)19-16(22)12-15(17(23)24)18-6-1-7-20-8-10-25-11-9-20/h2-5,15,18,21H,1,6-12H2,(H,19,22)(H,23,24). The van der Waals surface area contributed by atoms with Gasteiger partial charge in [-0.05, 0) is 43.8 Å². The normalized spacial score (nSPS) is 16.3. The molecule has 1 aliphatic heterocycles. The molecular formula is C17H25N3O5. The third-order valence-electron chi connectivity index (χ3n) is 3.98. The number of aliphatic carboxylic acids is 1. The van der Waals surface area contributed by atoms with Crippen molar-refractivity contribution in [2.24, 2.45) is 0 Å². The molecule has 1 fully saturated rings. The van der Waals surface area contributed by atoms with Gasteiger partial charge in [0.15, 0.2) is 0 Å². The minimum absolute atomic E-state index is 0.100. The van der Waals surface area contributed by atoms with Crippen LogP contribution in [-0.4, -0.2) is 72.4 Å². The van der Waals surface area contributed by atoms with Crippen molar-refractivity contribution >= 4 is 17.6 Å². The Balaban J connectivity index is 1.70. The zero-order valence-electron chi connectivity index (χ0n) is 14.1. The summed E-state index contributed by atoms with van der Waals surface area (Å²) in [7, 11) is 0. The second kappa shape index (κ2) is 9.97. The Morgan fingerprint density at radius 2 is 1.88 bits per heavy atom. The molecule has 2 rings (SSSR count). The van der Waals surface area contributed by atoms with Crippen LogP contribution < -0.4 is 10.6 Å². The highest BCUT2D eigenvalue weighted by molar-refractivity contribution is 5.94. The van der Waals surface area contributed by atoms with E-state index in [1.807, 2.05) is 0 Å². The first kappa shape index (κ1) is 19.2. The Morgan fingerprint density at radius 3 is 2.52 bits per heavy atom. The fourth-order valence-electron chi connectivity index (χ4n) is 2.59. The molecule has 0 bridgehead atoms. The number of anilines is 1. The van der Waals surface area contributed by atoms with Gasteiger partial charge in [0, 0.05) is 18.8 Å². The van der Waals surface area contributed by atoms with Crippen LogP contribution in [0.25, 0.3) is 0 Å². The van der Waals surface area contributed by atoms with Crippen LogP contribution in [0.4, 0.5) is 5.69 Å². The van der Waals surface area contributed by atoms with E-state index in [-0.39, 0.29) is 12.2 Å². The van der Waals surface area contributed by atoms with Gasteiger partial charge in [0.1, 0.15) is 11.8 Å². The molecule has 1 atom stereocenters. The number of amides is 1. The average Bonchev–Trinajstić information content (AvgIpc) is 2.60. The molecule has 8 nitrogen and oxygen atoms in total. The number of aromatic hydroxyl groups is 1. The molecule has 0 radical (unpaired) electrons. The maximum Gasteiger partial charge on any atom is 0.321 e. The summed E-state index contributed by atoms with van der Waals surface area (Å²) in [5.41, 5.74) is 0.513. The Hall–Kier alpha value is -2.16. The van der Waals surface area contributed by atoms with Gasteiger partial charge in [0.25, 0.3) is 0 Å². The summed E-state index contributed by atoms with van der Waals surface area (Å²) in [6.07, 6.45) is 0.650. The minimum Gasteiger partial charge on any atom is -0.508 e. The predicted molar refractivity (Wildman–Crippen MR) is 92.7 cm³/mol. The highest BCUT2D eigenvalue weighted by Crippen LogP contribution is 2.14. The Morgan fingerprint density at radius 1 is 1.20 bits per heavy atom. The van der Waals surface area contributed by atoms with E-state index in [0.29, 0.717) is 12.2 Å². The topological polar surface area (TPSA) is 111 Å². The van der Waals surface area contributed by atoms with Crippen molar-refractivity contribution in [3.63, 3.8) is 0 Å². The molecule has 0 saturated carbocycles. The maximum atomic E-state index is 12.0. The van der Waals surface area contributed by atoms with Crippen LogP contribution in [0.15, 0.2) is 24.3 Å². The van der Waals surface area contributed by atoms with Crippen LogP contribution in [-0.2, 0) is 14.3 Å². The Labute approximate surface area is 146 Å². The number of hydrogen-bond donors (Lipinski definition) is 4. The lowest BCUT2D eigenvalue weighted by Gasteiger charge is -2.26. The molecule has 1 unspecified atom stereocenters. The quantitative estimate of drug-likeness (QED) is 0.378. The van der Waals surface area contributed by atoms with Crippen molar-refractivity contribution in [2.45, 2.75) is 18.9 Å². The van der Waals surface area contributed by atoms with E-state index >= 15 is 0 Å². The first-order chi connectivity index (χ1) is 12.0. The Bertz CT molecular complexity index is 558. The van der Waals surface area contributed by atoms with Crippen molar-refractivity contribution in [3.05, 3.63) is 24.3 Å². The van der Waals surface area contributed by atoms with Crippen molar-refractivity contribution in [1.82, 2.24) is 10.2 Å². The van der Waals surface area contributed by atoms with E-state index < -0.39 is 17.9 Å². The van der Waals surface area contributed by atoms with Gasteiger partial charge < -0.3 is 25.6 Å². The molecule has 1 heterocycles. The van der Waals surface area contributed by atoms with Gasteiger partial charge in [-0.3, -0.25) is 14.5 Å². The lowest BCUT2D eigenvalue weighted by molar-refractivity contribution is -0.141. The molecule has 8 heteroatoms. The number of ether oxygens (including phenoxy) is 1. The zero-order chi connectivity index (χ0) is 18.1. The third kappa shape index (κ3) is 7.08. The number of nitrogens with zero attached hydrogens (tertiary/aromatic N) is 1. The van der Waals surface area contributed by atoms with Crippen LogP contribution >= 0.6 is 0 Å². The molecule has 25 heavy (non-hydrogen) atoms. The summed E-state index contributed by atoms with van der Waals surface area (Å²) in [5, 5.41) is 24.0. The van der Waals surface area contributed by atoms with Crippen LogP contribution in [0.5, 0.6) is 5.75 Å². The van der Waals surface area contributed by atoms with E-state index in [4.69, 9.17) is 4.74 Å². The fraction of sp³-hybridized carbons (Fsp3) is 0.529. The van der Waals surface area contributed by atoms with E-state index in [0.717, 1.165) is 39.3 Å². The smallest absolute Gasteiger partial charge is 0.321 e. The fourth-order valence-corrected chi connectivity index (χ4v) is 2.59. The maximum absolute atomic E-state index is 12.0. The molecule has 1 amide bonds. The number of carboxylic acids is 1. The van der Waals surface area contributed by atoms with Crippen molar-refractivity contribution in [3.8, 4) is 5.75 Å². The van der Waals surface area contributed by atoms with E-state index in [2.05, 4.69) is 15.5 Å². The number of benzene rings is 1. The number of carboxylic acid groups (broad SMARTS) is 1. The largest absolute Gasteiger partial charge is 0.508 e. The van der Waals surface area contributed by atoms with Crippen molar-refractivity contribution in [2.75, 3.05) is 44.7 Å². The Kier molecular flexibility index (Phi) is 7.65. The highest BCUT2D eigenvalue weighted by atomic mass is 16.5. The van der Waals surface area contributed by atoms with Crippen LogP contribution in [0.1, 0.15) is 12.8 Å². The molecule has 0 spiro atoms. The van der Waals surface area contributed by atoms with Gasteiger partial charge in [0.05, 0.1) is 19.6 Å². The lowest BCUT2D eigenvalue weighted by Crippen LogP contribution is -2.42. The van der Waals surface area contributed by atoms with Gasteiger partial charge in [-0.1, -0.05) is 0 Å². The van der Waals surface area contributed by atoms with E-state index in [9.17, 15) is 19.8 Å². The number of carbonyl (C=O) groups is 2. The minimum atomic E-state index is -1.05. The molecule has 0 aromatic heterocycles. The molecule has 1 aromatic carbocycles. The second-order valence-electron chi connectivity index (χ2n) is 5.95. The second-order valence-corrected chi connectivity index (χ2v) is 5.95. The predicted octanol–water partition coefficient (Wildman–Crippen LogP) is 0.486. The van der Waals surface area contributed by atoms with Crippen LogP contribution in [0, 0.1) is 0 Å². The van der Waals surface area contributed by atoms with Gasteiger partial charge in [-0.2, -0.15) is 0 Å². The molecule has 138 valence electrons. The lowest BCUT2D eigenvalue weighted by atomic mass is 10.2. The number of carbonyl (C=O) groups excluding carboxylic acids is 1. The molecule has 1 aromatic rings. The summed E-state index contributed by atoms with van der Waals surface area (Å²) in [4.78, 5) is 25.6. The third-order valence-corrected chi connectivity index (χ3v) is 3.98. The van der Waals surface area contributed by atoms with E-state index in [1.165, 1.54) is 12.1 Å². The van der Waals surface area contributed by atoms with Crippen LogP contribution in [0.2, 0.25) is 0 Å². The first-order valence-corrected chi connectivity index (χ1v) is 8.40. The average molecular weight is 351 g/mol. The van der Waals surface area contributed by atoms with Gasteiger partial charge in [-0.25, -0.2) is 0 Å². The molecule has 1 aliphatic rings.